The van der Waals surface area contributed by atoms with Gasteiger partial charge in [-0.2, -0.15) is 0 Å². The minimum Gasteiger partial charge on any atom is -0.497 e. The third-order valence-corrected chi connectivity index (χ3v) is 4.00. The molecule has 1 aliphatic heterocycles. The first kappa shape index (κ1) is 16.1. The van der Waals surface area contributed by atoms with Gasteiger partial charge in [0, 0.05) is 43.3 Å². The molecule has 3 rings (SSSR count). The number of benzene rings is 2. The number of amides is 2. The van der Waals surface area contributed by atoms with E-state index >= 15 is 0 Å². The van der Waals surface area contributed by atoms with Crippen molar-refractivity contribution in [1.82, 2.24) is 0 Å². The molecule has 6 nitrogen and oxygen atoms in total. The van der Waals surface area contributed by atoms with E-state index in [0.717, 1.165) is 24.5 Å². The lowest BCUT2D eigenvalue weighted by atomic mass is 10.1. The molecule has 2 aromatic carbocycles. The predicted octanol–water partition coefficient (Wildman–Crippen LogP) is 3.17. The van der Waals surface area contributed by atoms with Gasteiger partial charge in [0.1, 0.15) is 5.75 Å². The fourth-order valence-corrected chi connectivity index (χ4v) is 2.55. The Bertz CT molecular complexity index is 697. The van der Waals surface area contributed by atoms with Crippen LogP contribution in [0.2, 0.25) is 0 Å². The summed E-state index contributed by atoms with van der Waals surface area (Å²) >= 11 is 0. The van der Waals surface area contributed by atoms with Crippen LogP contribution in [0.3, 0.4) is 0 Å². The van der Waals surface area contributed by atoms with Gasteiger partial charge in [-0.1, -0.05) is 6.07 Å². The fraction of sp³-hybridized carbons (Fsp3) is 0.278. The van der Waals surface area contributed by atoms with Crippen LogP contribution in [0.15, 0.2) is 48.5 Å². The Hall–Kier alpha value is -2.73. The first-order valence-corrected chi connectivity index (χ1v) is 7.78. The summed E-state index contributed by atoms with van der Waals surface area (Å²) < 4.78 is 10.4. The molecular formula is C18H21N3O3. The molecule has 0 aliphatic carbocycles. The Morgan fingerprint density at radius 2 is 1.75 bits per heavy atom. The smallest absolute Gasteiger partial charge is 0.323 e. The molecule has 0 bridgehead atoms. The molecule has 1 aliphatic rings. The van der Waals surface area contributed by atoms with Crippen molar-refractivity contribution in [3.63, 3.8) is 0 Å². The number of anilines is 3. The maximum absolute atomic E-state index is 12.1. The number of nitrogens with one attached hydrogen (secondary N) is 2. The van der Waals surface area contributed by atoms with Crippen molar-refractivity contribution in [1.29, 1.82) is 0 Å². The number of carbonyl (C=O) groups excluding carboxylic acids is 1. The van der Waals surface area contributed by atoms with Crippen molar-refractivity contribution in [2.45, 2.75) is 6.10 Å². The van der Waals surface area contributed by atoms with Gasteiger partial charge in [0.2, 0.25) is 0 Å². The first-order chi connectivity index (χ1) is 11.7. The van der Waals surface area contributed by atoms with Gasteiger partial charge in [-0.05, 0) is 36.4 Å². The molecule has 0 aromatic heterocycles. The summed E-state index contributed by atoms with van der Waals surface area (Å²) in [4.78, 5) is 14.3. The monoisotopic (exact) mass is 327 g/mol. The lowest BCUT2D eigenvalue weighted by molar-refractivity contribution is 0.0788. The number of carbonyl (C=O) groups is 1. The Morgan fingerprint density at radius 1 is 1.04 bits per heavy atom. The Kier molecular flexibility index (Phi) is 4.86. The van der Waals surface area contributed by atoms with Crippen LogP contribution in [-0.4, -0.2) is 39.4 Å². The second-order valence-corrected chi connectivity index (χ2v) is 5.62. The quantitative estimate of drug-likeness (QED) is 0.885. The summed E-state index contributed by atoms with van der Waals surface area (Å²) in [6, 6.07) is 14.7. The zero-order chi connectivity index (χ0) is 16.9. The lowest BCUT2D eigenvalue weighted by Crippen LogP contribution is -2.51. The maximum Gasteiger partial charge on any atom is 0.323 e. The molecule has 6 heteroatoms. The molecule has 2 aromatic rings. The average Bonchev–Trinajstić information content (AvgIpc) is 2.55. The summed E-state index contributed by atoms with van der Waals surface area (Å²) in [6.07, 6.45) is 0.316. The highest BCUT2D eigenvalue weighted by Gasteiger charge is 2.26. The van der Waals surface area contributed by atoms with Crippen LogP contribution in [0.4, 0.5) is 21.9 Å². The van der Waals surface area contributed by atoms with E-state index in [1.807, 2.05) is 36.4 Å². The van der Waals surface area contributed by atoms with Crippen LogP contribution in [-0.2, 0) is 4.74 Å². The van der Waals surface area contributed by atoms with Gasteiger partial charge < -0.3 is 25.0 Å². The minimum absolute atomic E-state index is 0.292. The van der Waals surface area contributed by atoms with Crippen molar-refractivity contribution in [3.8, 4) is 5.75 Å². The van der Waals surface area contributed by atoms with Crippen molar-refractivity contribution in [2.24, 2.45) is 0 Å². The van der Waals surface area contributed by atoms with Crippen molar-refractivity contribution >= 4 is 23.1 Å². The second-order valence-electron chi connectivity index (χ2n) is 5.62. The van der Waals surface area contributed by atoms with E-state index in [1.54, 1.807) is 26.4 Å². The molecule has 0 unspecified atom stereocenters. The number of methoxy groups -OCH3 is 2. The zero-order valence-electron chi connectivity index (χ0n) is 13.8. The standard InChI is InChI=1S/C18H21N3O3/c1-23-16-5-3-4-14(10-16)20-18(22)19-13-6-8-15(9-7-13)21-11-17(12-21)24-2/h3-10,17H,11-12H2,1-2H3,(H2,19,20,22). The van der Waals surface area contributed by atoms with E-state index in [-0.39, 0.29) is 6.03 Å². The van der Waals surface area contributed by atoms with Crippen molar-refractivity contribution in [3.05, 3.63) is 48.5 Å². The predicted molar refractivity (Wildman–Crippen MR) is 95.1 cm³/mol. The number of hydrogen-bond acceptors (Lipinski definition) is 4. The molecule has 0 radical (unpaired) electrons. The normalized spacial score (nSPS) is 14.0. The molecule has 2 amide bonds. The van der Waals surface area contributed by atoms with E-state index in [4.69, 9.17) is 9.47 Å². The van der Waals surface area contributed by atoms with Gasteiger partial charge in [-0.15, -0.1) is 0 Å². The van der Waals surface area contributed by atoms with Crippen LogP contribution >= 0.6 is 0 Å². The SMILES string of the molecule is COc1cccc(NC(=O)Nc2ccc(N3CC(OC)C3)cc2)c1. The Labute approximate surface area is 141 Å². The number of ether oxygens (including phenoxy) is 2. The van der Waals surface area contributed by atoms with E-state index in [9.17, 15) is 4.79 Å². The molecule has 1 saturated heterocycles. The zero-order valence-corrected chi connectivity index (χ0v) is 13.8. The molecule has 0 saturated carbocycles. The van der Waals surface area contributed by atoms with E-state index in [2.05, 4.69) is 15.5 Å². The van der Waals surface area contributed by atoms with Crippen LogP contribution < -0.4 is 20.3 Å². The third kappa shape index (κ3) is 3.78. The van der Waals surface area contributed by atoms with Gasteiger partial charge >= 0.3 is 6.03 Å². The Morgan fingerprint density at radius 3 is 2.42 bits per heavy atom. The number of nitrogens with zero attached hydrogens (tertiary/aromatic N) is 1. The van der Waals surface area contributed by atoms with Gasteiger partial charge in [-0.25, -0.2) is 4.79 Å². The lowest BCUT2D eigenvalue weighted by Gasteiger charge is -2.40. The molecule has 0 spiro atoms. The second kappa shape index (κ2) is 7.23. The molecular weight excluding hydrogens is 306 g/mol. The van der Waals surface area contributed by atoms with Crippen LogP contribution in [0, 0.1) is 0 Å². The molecule has 1 heterocycles. The van der Waals surface area contributed by atoms with Crippen LogP contribution in [0.5, 0.6) is 5.75 Å². The van der Waals surface area contributed by atoms with E-state index in [0.29, 0.717) is 17.5 Å². The van der Waals surface area contributed by atoms with Gasteiger partial charge in [0.05, 0.1) is 13.2 Å². The first-order valence-electron chi connectivity index (χ1n) is 7.78. The Balaban J connectivity index is 1.54. The highest BCUT2D eigenvalue weighted by Crippen LogP contribution is 2.24. The minimum atomic E-state index is -0.292. The van der Waals surface area contributed by atoms with Crippen LogP contribution in [0.1, 0.15) is 0 Å². The largest absolute Gasteiger partial charge is 0.497 e. The topological polar surface area (TPSA) is 62.8 Å². The number of hydrogen-bond donors (Lipinski definition) is 2. The third-order valence-electron chi connectivity index (χ3n) is 4.00. The molecule has 0 atom stereocenters. The summed E-state index contributed by atoms with van der Waals surface area (Å²) in [7, 11) is 3.32. The number of urea groups is 1. The summed E-state index contributed by atoms with van der Waals surface area (Å²) in [6.45, 7) is 1.80. The summed E-state index contributed by atoms with van der Waals surface area (Å²) in [5.41, 5.74) is 2.54. The van der Waals surface area contributed by atoms with Gasteiger partial charge in [0.25, 0.3) is 0 Å². The van der Waals surface area contributed by atoms with Crippen molar-refractivity contribution in [2.75, 3.05) is 42.8 Å². The molecule has 2 N–H and O–H groups in total. The molecule has 1 fully saturated rings. The van der Waals surface area contributed by atoms with E-state index < -0.39 is 0 Å². The molecule has 24 heavy (non-hydrogen) atoms. The summed E-state index contributed by atoms with van der Waals surface area (Å²) in [5.74, 6) is 0.695. The highest BCUT2D eigenvalue weighted by molar-refractivity contribution is 5.99. The van der Waals surface area contributed by atoms with Gasteiger partial charge in [0.15, 0.2) is 0 Å². The maximum atomic E-state index is 12.1. The fourth-order valence-electron chi connectivity index (χ4n) is 2.55. The molecule has 126 valence electrons. The highest BCUT2D eigenvalue weighted by atomic mass is 16.5. The number of rotatable bonds is 5. The van der Waals surface area contributed by atoms with Crippen molar-refractivity contribution < 1.29 is 14.3 Å². The van der Waals surface area contributed by atoms with Gasteiger partial charge in [-0.3, -0.25) is 0 Å². The van der Waals surface area contributed by atoms with E-state index in [1.165, 1.54) is 0 Å². The van der Waals surface area contributed by atoms with Crippen LogP contribution in [0.25, 0.3) is 0 Å². The summed E-state index contributed by atoms with van der Waals surface area (Å²) in [5, 5.41) is 5.60. The average molecular weight is 327 g/mol.